The molecule has 1 aromatic carbocycles. The van der Waals surface area contributed by atoms with Crippen LogP contribution in [0.15, 0.2) is 24.3 Å². The van der Waals surface area contributed by atoms with E-state index in [1.54, 1.807) is 11.8 Å². The Morgan fingerprint density at radius 2 is 2.06 bits per heavy atom. The number of hydrogen-bond donors (Lipinski definition) is 1. The molecular weight excluding hydrogens is 244 g/mol. The predicted molar refractivity (Wildman–Crippen MR) is 70.1 cm³/mol. The van der Waals surface area contributed by atoms with Crippen LogP contribution in [0.25, 0.3) is 0 Å². The summed E-state index contributed by atoms with van der Waals surface area (Å²) in [7, 11) is 0. The van der Waals surface area contributed by atoms with E-state index in [2.05, 4.69) is 0 Å². The van der Waals surface area contributed by atoms with Crippen molar-refractivity contribution in [2.24, 2.45) is 0 Å². The van der Waals surface area contributed by atoms with Crippen molar-refractivity contribution in [1.82, 2.24) is 0 Å². The fraction of sp³-hybridized carbons (Fsp3) is 0.500. The predicted octanol–water partition coefficient (Wildman–Crippen LogP) is 2.97. The zero-order chi connectivity index (χ0) is 11.8. The van der Waals surface area contributed by atoms with Gasteiger partial charge in [-0.3, -0.25) is 0 Å². The number of thioether (sulfide) groups is 1. The van der Waals surface area contributed by atoms with Crippen LogP contribution in [0.1, 0.15) is 12.5 Å². The highest BCUT2D eigenvalue weighted by atomic mass is 35.5. The first-order chi connectivity index (χ1) is 7.72. The molecule has 0 aliphatic heterocycles. The number of hydrogen-bond acceptors (Lipinski definition) is 3. The SMILES string of the molecule is CCOC[C@H](O)CSCc1ccc(Cl)cc1. The third kappa shape index (κ3) is 5.75. The number of halogens is 1. The second-order valence-corrected chi connectivity index (χ2v) is 4.92. The Hall–Kier alpha value is -0.220. The third-order valence-corrected chi connectivity index (χ3v) is 3.42. The molecule has 0 aliphatic rings. The largest absolute Gasteiger partial charge is 0.390 e. The zero-order valence-electron chi connectivity index (χ0n) is 9.36. The molecule has 1 aromatic rings. The molecule has 1 atom stereocenters. The Balaban J connectivity index is 2.17. The quantitative estimate of drug-likeness (QED) is 0.817. The Labute approximate surface area is 106 Å². The maximum atomic E-state index is 9.54. The first-order valence-corrected chi connectivity index (χ1v) is 6.83. The Bertz CT molecular complexity index is 290. The number of ether oxygens (including phenoxy) is 1. The lowest BCUT2D eigenvalue weighted by molar-refractivity contribution is 0.0551. The van der Waals surface area contributed by atoms with E-state index in [1.807, 2.05) is 31.2 Å². The first kappa shape index (κ1) is 13.8. The van der Waals surface area contributed by atoms with Gasteiger partial charge in [-0.25, -0.2) is 0 Å². The van der Waals surface area contributed by atoms with Gasteiger partial charge >= 0.3 is 0 Å². The van der Waals surface area contributed by atoms with Gasteiger partial charge in [0.05, 0.1) is 12.7 Å². The molecular formula is C12H17ClO2S. The van der Waals surface area contributed by atoms with Crippen molar-refractivity contribution in [3.05, 3.63) is 34.9 Å². The molecule has 90 valence electrons. The topological polar surface area (TPSA) is 29.5 Å². The van der Waals surface area contributed by atoms with Gasteiger partial charge in [-0.1, -0.05) is 23.7 Å². The van der Waals surface area contributed by atoms with Crippen molar-refractivity contribution in [2.45, 2.75) is 18.8 Å². The van der Waals surface area contributed by atoms with Crippen LogP contribution in [-0.4, -0.2) is 30.2 Å². The van der Waals surface area contributed by atoms with Crippen molar-refractivity contribution in [3.8, 4) is 0 Å². The first-order valence-electron chi connectivity index (χ1n) is 5.30. The number of benzene rings is 1. The van der Waals surface area contributed by atoms with Crippen LogP contribution in [0.3, 0.4) is 0 Å². The average Bonchev–Trinajstić information content (AvgIpc) is 2.29. The van der Waals surface area contributed by atoms with Gasteiger partial charge in [-0.15, -0.1) is 0 Å². The van der Waals surface area contributed by atoms with Gasteiger partial charge < -0.3 is 9.84 Å². The van der Waals surface area contributed by atoms with Gasteiger partial charge in [0.2, 0.25) is 0 Å². The van der Waals surface area contributed by atoms with Crippen molar-refractivity contribution < 1.29 is 9.84 Å². The maximum Gasteiger partial charge on any atom is 0.0863 e. The van der Waals surface area contributed by atoms with E-state index in [1.165, 1.54) is 5.56 Å². The van der Waals surface area contributed by atoms with Crippen LogP contribution >= 0.6 is 23.4 Å². The molecule has 0 saturated carbocycles. The summed E-state index contributed by atoms with van der Waals surface area (Å²) in [6, 6.07) is 7.77. The van der Waals surface area contributed by atoms with Gasteiger partial charge in [0, 0.05) is 23.1 Å². The minimum absolute atomic E-state index is 0.378. The second-order valence-electron chi connectivity index (χ2n) is 3.45. The molecule has 0 spiro atoms. The lowest BCUT2D eigenvalue weighted by atomic mass is 10.2. The van der Waals surface area contributed by atoms with Crippen LogP contribution in [0.2, 0.25) is 5.02 Å². The summed E-state index contributed by atoms with van der Waals surface area (Å²) >= 11 is 7.49. The number of aliphatic hydroxyl groups is 1. The highest BCUT2D eigenvalue weighted by Crippen LogP contribution is 2.16. The minimum Gasteiger partial charge on any atom is -0.390 e. The van der Waals surface area contributed by atoms with Crippen molar-refractivity contribution in [2.75, 3.05) is 19.0 Å². The fourth-order valence-electron chi connectivity index (χ4n) is 1.20. The molecule has 0 heterocycles. The standard InChI is InChI=1S/C12H17ClO2S/c1-2-15-7-12(14)9-16-8-10-3-5-11(13)6-4-10/h3-6,12,14H,2,7-9H2,1H3/t12-/m0/s1. The highest BCUT2D eigenvalue weighted by Gasteiger charge is 2.03. The summed E-state index contributed by atoms with van der Waals surface area (Å²) in [5.41, 5.74) is 1.22. The van der Waals surface area contributed by atoms with Crippen LogP contribution in [0, 0.1) is 0 Å². The summed E-state index contributed by atoms with van der Waals surface area (Å²) in [6.07, 6.45) is -0.378. The molecule has 0 aliphatic carbocycles. The minimum atomic E-state index is -0.378. The lowest BCUT2D eigenvalue weighted by Crippen LogP contribution is -2.17. The number of aliphatic hydroxyl groups excluding tert-OH is 1. The maximum absolute atomic E-state index is 9.54. The molecule has 0 bridgehead atoms. The van der Waals surface area contributed by atoms with Gasteiger partial charge in [-0.2, -0.15) is 11.8 Å². The van der Waals surface area contributed by atoms with Crippen molar-refractivity contribution in [3.63, 3.8) is 0 Å². The summed E-state index contributed by atoms with van der Waals surface area (Å²) in [6.45, 7) is 3.00. The molecule has 0 radical (unpaired) electrons. The molecule has 2 nitrogen and oxygen atoms in total. The van der Waals surface area contributed by atoms with Gasteiger partial charge in [0.1, 0.15) is 0 Å². The zero-order valence-corrected chi connectivity index (χ0v) is 10.9. The van der Waals surface area contributed by atoms with Crippen LogP contribution in [-0.2, 0) is 10.5 Å². The smallest absolute Gasteiger partial charge is 0.0863 e. The van der Waals surface area contributed by atoms with E-state index in [0.717, 1.165) is 10.8 Å². The Kier molecular flexibility index (Phi) is 6.88. The molecule has 0 amide bonds. The van der Waals surface area contributed by atoms with Crippen LogP contribution in [0.4, 0.5) is 0 Å². The highest BCUT2D eigenvalue weighted by molar-refractivity contribution is 7.98. The number of rotatable bonds is 7. The van der Waals surface area contributed by atoms with Crippen molar-refractivity contribution >= 4 is 23.4 Å². The average molecular weight is 261 g/mol. The van der Waals surface area contributed by atoms with E-state index in [0.29, 0.717) is 19.0 Å². The summed E-state index contributed by atoms with van der Waals surface area (Å²) < 4.78 is 5.13. The molecule has 0 aromatic heterocycles. The van der Waals surface area contributed by atoms with Gasteiger partial charge in [-0.05, 0) is 24.6 Å². The molecule has 1 N–H and O–H groups in total. The summed E-state index contributed by atoms with van der Waals surface area (Å²) in [4.78, 5) is 0. The van der Waals surface area contributed by atoms with E-state index < -0.39 is 0 Å². The Morgan fingerprint density at radius 1 is 1.38 bits per heavy atom. The lowest BCUT2D eigenvalue weighted by Gasteiger charge is -2.09. The molecule has 4 heteroatoms. The molecule has 16 heavy (non-hydrogen) atoms. The van der Waals surface area contributed by atoms with E-state index in [-0.39, 0.29) is 6.10 Å². The van der Waals surface area contributed by atoms with Gasteiger partial charge in [0.15, 0.2) is 0 Å². The molecule has 1 rings (SSSR count). The monoisotopic (exact) mass is 260 g/mol. The molecule has 0 fully saturated rings. The van der Waals surface area contributed by atoms with E-state index in [9.17, 15) is 5.11 Å². The Morgan fingerprint density at radius 3 is 2.69 bits per heavy atom. The normalized spacial score (nSPS) is 12.7. The summed E-state index contributed by atoms with van der Waals surface area (Å²) in [5, 5.41) is 10.3. The van der Waals surface area contributed by atoms with Gasteiger partial charge in [0.25, 0.3) is 0 Å². The molecule has 0 unspecified atom stereocenters. The van der Waals surface area contributed by atoms with Crippen LogP contribution in [0.5, 0.6) is 0 Å². The van der Waals surface area contributed by atoms with E-state index in [4.69, 9.17) is 16.3 Å². The molecule has 0 saturated heterocycles. The van der Waals surface area contributed by atoms with E-state index >= 15 is 0 Å². The fourth-order valence-corrected chi connectivity index (χ4v) is 2.24. The third-order valence-electron chi connectivity index (χ3n) is 2.01. The van der Waals surface area contributed by atoms with Crippen LogP contribution < -0.4 is 0 Å². The second kappa shape index (κ2) is 7.96. The summed E-state index contributed by atoms with van der Waals surface area (Å²) in [5.74, 6) is 1.59. The van der Waals surface area contributed by atoms with Crippen molar-refractivity contribution in [1.29, 1.82) is 0 Å².